The average molecular weight is 324 g/mol. The minimum atomic E-state index is -0.842. The van der Waals surface area contributed by atoms with E-state index in [9.17, 15) is 14.4 Å². The predicted molar refractivity (Wildman–Crippen MR) is 74.1 cm³/mol. The number of primary amides is 1. The van der Waals surface area contributed by atoms with Crippen LogP contribution in [0.4, 0.5) is 5.82 Å². The van der Waals surface area contributed by atoms with Crippen molar-refractivity contribution in [3.63, 3.8) is 0 Å². The fourth-order valence-corrected chi connectivity index (χ4v) is 2.83. The van der Waals surface area contributed by atoms with E-state index >= 15 is 0 Å². The Morgan fingerprint density at radius 2 is 1.96 bits per heavy atom. The van der Waals surface area contributed by atoms with Crippen molar-refractivity contribution in [2.24, 2.45) is 5.73 Å². The van der Waals surface area contributed by atoms with Crippen molar-refractivity contribution in [1.29, 1.82) is 0 Å². The van der Waals surface area contributed by atoms with Crippen molar-refractivity contribution in [2.45, 2.75) is 44.9 Å². The molecule has 10 heteroatoms. The fourth-order valence-electron chi connectivity index (χ4n) is 2.83. The highest BCUT2D eigenvalue weighted by Crippen LogP contribution is 2.33. The number of aromatic nitrogens is 2. The average Bonchev–Trinajstić information content (AvgIpc) is 2.88. The van der Waals surface area contributed by atoms with E-state index in [1.54, 1.807) is 4.57 Å². The Balaban J connectivity index is 1.94. The van der Waals surface area contributed by atoms with E-state index in [-0.39, 0.29) is 12.2 Å². The molecule has 0 spiro atoms. The van der Waals surface area contributed by atoms with Gasteiger partial charge in [0.2, 0.25) is 0 Å². The van der Waals surface area contributed by atoms with Crippen molar-refractivity contribution in [1.82, 2.24) is 9.55 Å². The molecule has 1 saturated heterocycles. The summed E-state index contributed by atoms with van der Waals surface area (Å²) in [5.74, 6) is -1.36. The number of nitrogens with two attached hydrogens (primary N) is 1. The van der Waals surface area contributed by atoms with Crippen LogP contribution in [0.2, 0.25) is 0 Å². The van der Waals surface area contributed by atoms with Crippen LogP contribution in [0, 0.1) is 0 Å². The maximum atomic E-state index is 11.4. The summed E-state index contributed by atoms with van der Waals surface area (Å²) in [5, 5.41) is 2.95. The number of esters is 2. The second-order valence-corrected chi connectivity index (χ2v) is 5.35. The monoisotopic (exact) mass is 324 g/mol. The quantitative estimate of drug-likeness (QED) is 0.676. The smallest absolute Gasteiger partial charge is 0.303 e. The Kier molecular flexibility index (Phi) is 3.68. The van der Waals surface area contributed by atoms with E-state index in [4.69, 9.17) is 19.9 Å². The summed E-state index contributed by atoms with van der Waals surface area (Å²) in [6.07, 6.45) is -1.51. The molecular weight excluding hydrogens is 308 g/mol. The summed E-state index contributed by atoms with van der Waals surface area (Å²) in [4.78, 5) is 38.1. The van der Waals surface area contributed by atoms with E-state index in [0.717, 1.165) is 0 Å². The van der Waals surface area contributed by atoms with Gasteiger partial charge in [-0.15, -0.1) is 0 Å². The van der Waals surface area contributed by atoms with Gasteiger partial charge in [0, 0.05) is 13.8 Å². The van der Waals surface area contributed by atoms with Gasteiger partial charge in [-0.05, 0) is 0 Å². The van der Waals surface area contributed by atoms with E-state index in [1.165, 1.54) is 20.2 Å². The van der Waals surface area contributed by atoms with Gasteiger partial charge in [0.05, 0.1) is 12.9 Å². The molecule has 1 unspecified atom stereocenters. The number of ether oxygens (including phenoxy) is 3. The lowest BCUT2D eigenvalue weighted by molar-refractivity contribution is -0.164. The van der Waals surface area contributed by atoms with E-state index in [2.05, 4.69) is 10.3 Å². The van der Waals surface area contributed by atoms with Crippen LogP contribution < -0.4 is 11.1 Å². The van der Waals surface area contributed by atoms with Gasteiger partial charge >= 0.3 is 11.9 Å². The van der Waals surface area contributed by atoms with Gasteiger partial charge in [-0.3, -0.25) is 14.4 Å². The Morgan fingerprint density at radius 1 is 1.30 bits per heavy atom. The molecule has 1 amide bonds. The Labute approximate surface area is 130 Å². The molecule has 1 aromatic heterocycles. The standard InChI is InChI=1S/C13H16N4O6/c1-5(18)21-9-7-3-17-4-15-8(11(14)20)12(17)16-13(23-7)10(9)22-6(2)19/h4,7,9-10,13,16H,3H2,1-2H3,(H2,14,20)/t7-,9+,10?,13-/m1/s1. The molecular formula is C13H16N4O6. The largest absolute Gasteiger partial charge is 0.456 e. The van der Waals surface area contributed by atoms with Crippen molar-refractivity contribution in [2.75, 3.05) is 5.32 Å². The van der Waals surface area contributed by atoms with Crippen LogP contribution in [0.5, 0.6) is 0 Å². The van der Waals surface area contributed by atoms with Gasteiger partial charge in [0.25, 0.3) is 5.91 Å². The maximum absolute atomic E-state index is 11.4. The molecule has 124 valence electrons. The van der Waals surface area contributed by atoms with E-state index in [1.807, 2.05) is 0 Å². The van der Waals surface area contributed by atoms with Crippen molar-refractivity contribution in [3.05, 3.63) is 12.0 Å². The van der Waals surface area contributed by atoms with Gasteiger partial charge in [0.15, 0.2) is 24.1 Å². The number of fused-ring (bicyclic) bond motifs is 3. The first-order valence-corrected chi connectivity index (χ1v) is 6.98. The predicted octanol–water partition coefficient (Wildman–Crippen LogP) is -1.00. The second-order valence-electron chi connectivity index (χ2n) is 5.35. The molecule has 4 atom stereocenters. The van der Waals surface area contributed by atoms with Gasteiger partial charge in [0.1, 0.15) is 11.9 Å². The second kappa shape index (κ2) is 5.54. The number of carbonyl (C=O) groups is 3. The summed E-state index contributed by atoms with van der Waals surface area (Å²) >= 11 is 0. The van der Waals surface area contributed by atoms with E-state index < -0.39 is 42.4 Å². The number of nitrogens with one attached hydrogen (secondary N) is 1. The van der Waals surface area contributed by atoms with E-state index in [0.29, 0.717) is 5.82 Å². The molecule has 10 nitrogen and oxygen atoms in total. The van der Waals surface area contributed by atoms with Crippen LogP contribution in [0.25, 0.3) is 0 Å². The van der Waals surface area contributed by atoms with Crippen molar-refractivity contribution >= 4 is 23.7 Å². The summed E-state index contributed by atoms with van der Waals surface area (Å²) in [5.41, 5.74) is 5.35. The third-order valence-electron chi connectivity index (χ3n) is 3.64. The minimum absolute atomic E-state index is 0.0618. The van der Waals surface area contributed by atoms with Gasteiger partial charge in [-0.25, -0.2) is 4.98 Å². The van der Waals surface area contributed by atoms with Crippen LogP contribution in [-0.2, 0) is 30.3 Å². The zero-order chi connectivity index (χ0) is 16.7. The molecule has 2 aliphatic rings. The molecule has 2 aliphatic heterocycles. The molecule has 1 fully saturated rings. The first kappa shape index (κ1) is 15.3. The lowest BCUT2D eigenvalue weighted by Gasteiger charge is -2.26. The number of imidazole rings is 1. The fraction of sp³-hybridized carbons (Fsp3) is 0.538. The molecule has 3 heterocycles. The van der Waals surface area contributed by atoms with Crippen LogP contribution in [-0.4, -0.2) is 51.9 Å². The molecule has 3 rings (SSSR count). The van der Waals surface area contributed by atoms with Gasteiger partial charge in [-0.1, -0.05) is 0 Å². The van der Waals surface area contributed by atoms with Crippen molar-refractivity contribution < 1.29 is 28.6 Å². The molecule has 0 aliphatic carbocycles. The number of amides is 1. The molecule has 3 N–H and O–H groups in total. The first-order valence-electron chi connectivity index (χ1n) is 6.98. The SMILES string of the molecule is CC(=O)OC1[C@@H]2Nc3c(C(N)=O)ncn3C[C@@H](O2)[C@@H]1OC(C)=O. The summed E-state index contributed by atoms with van der Waals surface area (Å²) in [6.45, 7) is 2.77. The number of nitrogens with zero attached hydrogens (tertiary/aromatic N) is 2. The highest BCUT2D eigenvalue weighted by molar-refractivity contribution is 5.95. The highest BCUT2D eigenvalue weighted by Gasteiger charge is 2.51. The number of hydrogen-bond acceptors (Lipinski definition) is 8. The van der Waals surface area contributed by atoms with Crippen LogP contribution in [0.3, 0.4) is 0 Å². The molecule has 23 heavy (non-hydrogen) atoms. The lowest BCUT2D eigenvalue weighted by Crippen LogP contribution is -2.44. The zero-order valence-corrected chi connectivity index (χ0v) is 12.5. The molecule has 0 radical (unpaired) electrons. The Hall–Kier alpha value is -2.62. The van der Waals surface area contributed by atoms with Crippen molar-refractivity contribution in [3.8, 4) is 0 Å². The molecule has 0 saturated carbocycles. The Morgan fingerprint density at radius 3 is 2.57 bits per heavy atom. The zero-order valence-electron chi connectivity index (χ0n) is 12.5. The minimum Gasteiger partial charge on any atom is -0.456 e. The van der Waals surface area contributed by atoms with Crippen LogP contribution >= 0.6 is 0 Å². The molecule has 2 bridgehead atoms. The third kappa shape index (κ3) is 2.72. The number of hydrogen-bond donors (Lipinski definition) is 2. The van der Waals surface area contributed by atoms with Gasteiger partial charge < -0.3 is 29.8 Å². The molecule has 1 aromatic rings. The molecule has 0 aromatic carbocycles. The van der Waals surface area contributed by atoms with Gasteiger partial charge in [-0.2, -0.15) is 0 Å². The van der Waals surface area contributed by atoms with Crippen LogP contribution in [0.1, 0.15) is 24.3 Å². The summed E-state index contributed by atoms with van der Waals surface area (Å²) in [7, 11) is 0. The highest BCUT2D eigenvalue weighted by atomic mass is 16.6. The maximum Gasteiger partial charge on any atom is 0.303 e. The topological polar surface area (TPSA) is 135 Å². The van der Waals surface area contributed by atoms with Crippen LogP contribution in [0.15, 0.2) is 6.33 Å². The normalized spacial score (nSPS) is 28.3. The number of carbonyl (C=O) groups excluding carboxylic acids is 3. The summed E-state index contributed by atoms with van der Waals surface area (Å²) < 4.78 is 17.9. The number of rotatable bonds is 3. The first-order chi connectivity index (χ1) is 10.9. The Bertz CT molecular complexity index is 671. The lowest BCUT2D eigenvalue weighted by atomic mass is 10.1. The number of anilines is 1. The summed E-state index contributed by atoms with van der Waals surface area (Å²) in [6, 6.07) is 0. The third-order valence-corrected chi connectivity index (χ3v) is 3.64.